The number of carboxylic acids is 1. The van der Waals surface area contributed by atoms with Gasteiger partial charge in [-0.2, -0.15) is 9.50 Å². The zero-order valence-corrected chi connectivity index (χ0v) is 16.7. The summed E-state index contributed by atoms with van der Waals surface area (Å²) in [4.78, 5) is 19.5. The predicted octanol–water partition coefficient (Wildman–Crippen LogP) is 2.52. The lowest BCUT2D eigenvalue weighted by Gasteiger charge is -2.19. The first-order chi connectivity index (χ1) is 13.2. The molecule has 2 aromatic heterocycles. The highest BCUT2D eigenvalue weighted by molar-refractivity contribution is 5.69. The van der Waals surface area contributed by atoms with E-state index in [-0.39, 0.29) is 12.0 Å². The average Bonchev–Trinajstić information content (AvgIpc) is 3.02. The van der Waals surface area contributed by atoms with Crippen LogP contribution in [0.15, 0.2) is 30.3 Å². The van der Waals surface area contributed by atoms with Crippen LogP contribution in [0.4, 0.5) is 5.95 Å². The summed E-state index contributed by atoms with van der Waals surface area (Å²) in [7, 11) is 0. The van der Waals surface area contributed by atoms with Gasteiger partial charge in [0.05, 0.1) is 12.2 Å². The number of hydrogen-bond acceptors (Lipinski definition) is 6. The number of anilines is 1. The molecule has 0 aliphatic rings. The topological polar surface area (TPSA) is 104 Å². The van der Waals surface area contributed by atoms with Crippen molar-refractivity contribution >= 4 is 17.7 Å². The summed E-state index contributed by atoms with van der Waals surface area (Å²) in [6.45, 7) is 9.30. The van der Waals surface area contributed by atoms with E-state index in [4.69, 9.17) is 5.11 Å². The highest BCUT2D eigenvalue weighted by Gasteiger charge is 2.13. The normalized spacial score (nSPS) is 11.7. The maximum Gasteiger partial charge on any atom is 0.317 e. The first-order valence-corrected chi connectivity index (χ1v) is 9.21. The molecule has 148 valence electrons. The summed E-state index contributed by atoms with van der Waals surface area (Å²) in [6, 6.07) is 10.4. The Kier molecular flexibility index (Phi) is 5.60. The van der Waals surface area contributed by atoms with Gasteiger partial charge in [0, 0.05) is 18.8 Å². The van der Waals surface area contributed by atoms with Crippen LogP contribution in [-0.2, 0) is 23.3 Å². The number of hydrogen-bond donors (Lipinski definition) is 3. The highest BCUT2D eigenvalue weighted by atomic mass is 16.4. The largest absolute Gasteiger partial charge is 0.480 e. The molecule has 0 aliphatic heterocycles. The summed E-state index contributed by atoms with van der Waals surface area (Å²) in [5.74, 6) is 0.0654. The van der Waals surface area contributed by atoms with E-state index in [9.17, 15) is 4.79 Å². The van der Waals surface area contributed by atoms with Crippen molar-refractivity contribution in [3.8, 4) is 0 Å². The third kappa shape index (κ3) is 4.83. The molecule has 0 atom stereocenters. The molecule has 0 fully saturated rings. The molecule has 8 nitrogen and oxygen atoms in total. The molecule has 1 aromatic carbocycles. The second kappa shape index (κ2) is 7.93. The lowest BCUT2D eigenvalue weighted by atomic mass is 9.87. The minimum absolute atomic E-state index is 0.118. The SMILES string of the molecule is Cc1cc(CNCC(=O)O)n2nc(NCc3ccc(C(C)(C)C)cc3)nc2n1. The maximum atomic E-state index is 10.7. The molecule has 0 radical (unpaired) electrons. The molecule has 2 heterocycles. The molecule has 0 amide bonds. The van der Waals surface area contributed by atoms with Gasteiger partial charge in [-0.25, -0.2) is 4.98 Å². The molecule has 3 N–H and O–H groups in total. The van der Waals surface area contributed by atoms with E-state index in [1.807, 2.05) is 13.0 Å². The number of aliphatic carboxylic acids is 1. The molecule has 3 aromatic rings. The van der Waals surface area contributed by atoms with Crippen LogP contribution < -0.4 is 10.6 Å². The van der Waals surface area contributed by atoms with E-state index in [1.54, 1.807) is 4.52 Å². The second-order valence-electron chi connectivity index (χ2n) is 7.83. The molecule has 0 spiro atoms. The quantitative estimate of drug-likeness (QED) is 0.577. The van der Waals surface area contributed by atoms with Crippen LogP contribution in [0.2, 0.25) is 0 Å². The molecule has 0 saturated heterocycles. The molecule has 8 heteroatoms. The fourth-order valence-electron chi connectivity index (χ4n) is 2.86. The summed E-state index contributed by atoms with van der Waals surface area (Å²) >= 11 is 0. The van der Waals surface area contributed by atoms with Crippen molar-refractivity contribution in [2.45, 2.75) is 46.2 Å². The van der Waals surface area contributed by atoms with Crippen LogP contribution in [0, 0.1) is 6.92 Å². The lowest BCUT2D eigenvalue weighted by Crippen LogP contribution is -2.23. The number of nitrogens with zero attached hydrogens (tertiary/aromatic N) is 4. The van der Waals surface area contributed by atoms with Gasteiger partial charge >= 0.3 is 5.97 Å². The van der Waals surface area contributed by atoms with Gasteiger partial charge in [-0.05, 0) is 29.5 Å². The molecule has 0 unspecified atom stereocenters. The van der Waals surface area contributed by atoms with Crippen LogP contribution in [0.5, 0.6) is 0 Å². The number of aromatic nitrogens is 4. The molecule has 28 heavy (non-hydrogen) atoms. The Morgan fingerprint density at radius 2 is 1.86 bits per heavy atom. The standard InChI is InChI=1S/C20H26N6O2/c1-13-9-16(11-21-12-17(27)28)26-19(23-13)24-18(25-26)22-10-14-5-7-15(8-6-14)20(2,3)4/h5-9,21H,10-12H2,1-4H3,(H,22,25)(H,27,28). The van der Waals surface area contributed by atoms with Gasteiger partial charge < -0.3 is 15.7 Å². The summed E-state index contributed by atoms with van der Waals surface area (Å²) in [6.07, 6.45) is 0. The van der Waals surface area contributed by atoms with Gasteiger partial charge in [0.2, 0.25) is 5.95 Å². The number of nitrogens with one attached hydrogen (secondary N) is 2. The molecule has 3 rings (SSSR count). The third-order valence-electron chi connectivity index (χ3n) is 4.37. The van der Waals surface area contributed by atoms with Crippen molar-refractivity contribution in [3.05, 3.63) is 52.8 Å². The first-order valence-electron chi connectivity index (χ1n) is 9.21. The van der Waals surface area contributed by atoms with Crippen LogP contribution in [0.3, 0.4) is 0 Å². The zero-order valence-electron chi connectivity index (χ0n) is 16.7. The van der Waals surface area contributed by atoms with Crippen molar-refractivity contribution in [2.24, 2.45) is 0 Å². The van der Waals surface area contributed by atoms with Crippen LogP contribution in [-0.4, -0.2) is 37.2 Å². The zero-order chi connectivity index (χ0) is 20.3. The maximum absolute atomic E-state index is 10.7. The predicted molar refractivity (Wildman–Crippen MR) is 107 cm³/mol. The minimum Gasteiger partial charge on any atom is -0.480 e. The fraction of sp³-hybridized carbons (Fsp3) is 0.400. The summed E-state index contributed by atoms with van der Waals surface area (Å²) < 4.78 is 1.63. The van der Waals surface area contributed by atoms with Crippen LogP contribution >= 0.6 is 0 Å². The Labute approximate surface area is 164 Å². The number of benzene rings is 1. The fourth-order valence-corrected chi connectivity index (χ4v) is 2.86. The van der Waals surface area contributed by atoms with Gasteiger partial charge in [-0.3, -0.25) is 4.79 Å². The van der Waals surface area contributed by atoms with E-state index >= 15 is 0 Å². The van der Waals surface area contributed by atoms with E-state index < -0.39 is 5.97 Å². The molecule has 0 saturated carbocycles. The van der Waals surface area contributed by atoms with E-state index in [0.29, 0.717) is 24.8 Å². The van der Waals surface area contributed by atoms with Gasteiger partial charge in [0.15, 0.2) is 0 Å². The molecule has 0 bridgehead atoms. The average molecular weight is 382 g/mol. The number of aryl methyl sites for hydroxylation is 1. The van der Waals surface area contributed by atoms with Crippen molar-refractivity contribution < 1.29 is 9.90 Å². The Hall–Kier alpha value is -3.00. The molecular weight excluding hydrogens is 356 g/mol. The second-order valence-corrected chi connectivity index (χ2v) is 7.83. The number of carbonyl (C=O) groups is 1. The Bertz CT molecular complexity index is 973. The van der Waals surface area contributed by atoms with Crippen molar-refractivity contribution in [3.63, 3.8) is 0 Å². The molecule has 0 aliphatic carbocycles. The minimum atomic E-state index is -0.902. The Morgan fingerprint density at radius 3 is 2.50 bits per heavy atom. The lowest BCUT2D eigenvalue weighted by molar-refractivity contribution is -0.136. The van der Waals surface area contributed by atoms with Gasteiger partial charge in [0.1, 0.15) is 0 Å². The summed E-state index contributed by atoms with van der Waals surface area (Å²) in [5, 5.41) is 19.4. The van der Waals surface area contributed by atoms with Gasteiger partial charge in [0.25, 0.3) is 5.78 Å². The number of rotatable bonds is 7. The summed E-state index contributed by atoms with van der Waals surface area (Å²) in [5.41, 5.74) is 4.17. The van der Waals surface area contributed by atoms with Crippen molar-refractivity contribution in [1.82, 2.24) is 24.9 Å². The number of carboxylic acid groups (broad SMARTS) is 1. The van der Waals surface area contributed by atoms with Crippen molar-refractivity contribution in [2.75, 3.05) is 11.9 Å². The number of fused-ring (bicyclic) bond motifs is 1. The Morgan fingerprint density at radius 1 is 1.14 bits per heavy atom. The molecular formula is C20H26N6O2. The third-order valence-corrected chi connectivity index (χ3v) is 4.37. The van der Waals surface area contributed by atoms with Crippen LogP contribution in [0.1, 0.15) is 43.3 Å². The van der Waals surface area contributed by atoms with E-state index in [0.717, 1.165) is 17.0 Å². The Balaban J connectivity index is 1.72. The van der Waals surface area contributed by atoms with E-state index in [1.165, 1.54) is 5.56 Å². The van der Waals surface area contributed by atoms with Gasteiger partial charge in [-0.15, -0.1) is 5.10 Å². The van der Waals surface area contributed by atoms with Gasteiger partial charge in [-0.1, -0.05) is 45.0 Å². The van der Waals surface area contributed by atoms with Crippen LogP contribution in [0.25, 0.3) is 5.78 Å². The van der Waals surface area contributed by atoms with E-state index in [2.05, 4.69) is 70.7 Å². The van der Waals surface area contributed by atoms with Crippen molar-refractivity contribution in [1.29, 1.82) is 0 Å². The first kappa shape index (κ1) is 19.8. The smallest absolute Gasteiger partial charge is 0.317 e. The monoisotopic (exact) mass is 382 g/mol. The highest BCUT2D eigenvalue weighted by Crippen LogP contribution is 2.22.